The molecular formula is C18H23N3O3. The fourth-order valence-electron chi connectivity index (χ4n) is 3.01. The molecule has 1 aromatic carbocycles. The molecule has 6 heteroatoms. The van der Waals surface area contributed by atoms with Crippen molar-refractivity contribution in [2.45, 2.75) is 31.9 Å². The van der Waals surface area contributed by atoms with Crippen molar-refractivity contribution in [3.8, 4) is 17.0 Å². The number of ether oxygens (including phenoxy) is 1. The van der Waals surface area contributed by atoms with Gasteiger partial charge in [-0.25, -0.2) is 5.10 Å². The van der Waals surface area contributed by atoms with Gasteiger partial charge in [-0.3, -0.25) is 9.69 Å². The normalized spacial score (nSPS) is 19.3. The molecule has 0 saturated carbocycles. The van der Waals surface area contributed by atoms with Gasteiger partial charge in [0.1, 0.15) is 18.5 Å². The molecule has 0 amide bonds. The van der Waals surface area contributed by atoms with Crippen LogP contribution in [0.2, 0.25) is 0 Å². The van der Waals surface area contributed by atoms with Crippen LogP contribution in [0.1, 0.15) is 19.8 Å². The molecule has 2 atom stereocenters. The molecule has 128 valence electrons. The number of nitrogens with zero attached hydrogens (tertiary/aromatic N) is 2. The summed E-state index contributed by atoms with van der Waals surface area (Å²) < 4.78 is 5.67. The lowest BCUT2D eigenvalue weighted by molar-refractivity contribution is 0.0662. The first-order valence-corrected chi connectivity index (χ1v) is 8.33. The summed E-state index contributed by atoms with van der Waals surface area (Å²) in [6.45, 7) is 4.18. The maximum absolute atomic E-state index is 11.0. The highest BCUT2D eigenvalue weighted by Crippen LogP contribution is 2.20. The quantitative estimate of drug-likeness (QED) is 0.843. The van der Waals surface area contributed by atoms with Gasteiger partial charge in [-0.05, 0) is 56.6 Å². The summed E-state index contributed by atoms with van der Waals surface area (Å²) in [6.07, 6.45) is 1.91. The van der Waals surface area contributed by atoms with Gasteiger partial charge in [-0.15, -0.1) is 0 Å². The minimum Gasteiger partial charge on any atom is -0.491 e. The molecule has 1 aromatic heterocycles. The average molecular weight is 329 g/mol. The Labute approximate surface area is 141 Å². The van der Waals surface area contributed by atoms with Crippen molar-refractivity contribution >= 4 is 0 Å². The van der Waals surface area contributed by atoms with Crippen LogP contribution in [-0.4, -0.2) is 52.0 Å². The van der Waals surface area contributed by atoms with Crippen LogP contribution >= 0.6 is 0 Å². The van der Waals surface area contributed by atoms with Crippen molar-refractivity contribution in [3.05, 3.63) is 46.8 Å². The van der Waals surface area contributed by atoms with Gasteiger partial charge < -0.3 is 9.84 Å². The molecular weight excluding hydrogens is 306 g/mol. The lowest BCUT2D eigenvalue weighted by Gasteiger charge is -2.24. The number of hydrogen-bond donors (Lipinski definition) is 2. The zero-order chi connectivity index (χ0) is 16.9. The Bertz CT molecular complexity index is 694. The average Bonchev–Trinajstić information content (AvgIpc) is 2.99. The Morgan fingerprint density at radius 2 is 2.12 bits per heavy atom. The number of H-pyrrole nitrogens is 1. The second kappa shape index (κ2) is 7.59. The first-order chi connectivity index (χ1) is 11.6. The topological polar surface area (TPSA) is 78.5 Å². The molecule has 6 nitrogen and oxygen atoms in total. The van der Waals surface area contributed by atoms with E-state index in [4.69, 9.17) is 4.74 Å². The third-order valence-electron chi connectivity index (χ3n) is 4.41. The Morgan fingerprint density at radius 3 is 2.75 bits per heavy atom. The molecule has 0 unspecified atom stereocenters. The first-order valence-electron chi connectivity index (χ1n) is 8.33. The molecule has 0 radical (unpaired) electrons. The van der Waals surface area contributed by atoms with E-state index < -0.39 is 6.10 Å². The van der Waals surface area contributed by atoms with E-state index in [1.54, 1.807) is 6.07 Å². The summed E-state index contributed by atoms with van der Waals surface area (Å²) in [4.78, 5) is 13.3. The monoisotopic (exact) mass is 329 g/mol. The van der Waals surface area contributed by atoms with Gasteiger partial charge in [0.25, 0.3) is 5.56 Å². The number of β-amino-alcohol motifs (C(OH)–C–C–N with tert-alkyl or cyclic N) is 1. The molecule has 3 rings (SSSR count). The number of benzene rings is 1. The Kier molecular flexibility index (Phi) is 5.27. The molecule has 0 spiro atoms. The van der Waals surface area contributed by atoms with Crippen molar-refractivity contribution in [1.29, 1.82) is 0 Å². The summed E-state index contributed by atoms with van der Waals surface area (Å²) in [5.74, 6) is 0.705. The summed E-state index contributed by atoms with van der Waals surface area (Å²) in [5, 5.41) is 16.5. The maximum Gasteiger partial charge on any atom is 0.264 e. The van der Waals surface area contributed by atoms with Crippen molar-refractivity contribution in [2.75, 3.05) is 19.7 Å². The second-order valence-electron chi connectivity index (χ2n) is 6.28. The molecule has 0 bridgehead atoms. The number of aliphatic hydroxyl groups excluding tert-OH is 1. The van der Waals surface area contributed by atoms with Gasteiger partial charge >= 0.3 is 0 Å². The van der Waals surface area contributed by atoms with Crippen molar-refractivity contribution in [3.63, 3.8) is 0 Å². The van der Waals surface area contributed by atoms with Gasteiger partial charge in [-0.1, -0.05) is 0 Å². The number of nitrogens with one attached hydrogen (secondary N) is 1. The predicted octanol–water partition coefficient (Wildman–Crippen LogP) is 1.66. The Hall–Kier alpha value is -2.18. The number of hydrogen-bond acceptors (Lipinski definition) is 5. The van der Waals surface area contributed by atoms with Crippen LogP contribution in [0.4, 0.5) is 0 Å². The molecule has 1 saturated heterocycles. The zero-order valence-electron chi connectivity index (χ0n) is 13.8. The summed E-state index contributed by atoms with van der Waals surface area (Å²) >= 11 is 0. The zero-order valence-corrected chi connectivity index (χ0v) is 13.8. The SMILES string of the molecule is C[C@@H]1CCCN1C[C@H](O)COc1ccc(-c2ccc(=O)[nH]n2)cc1. The largest absolute Gasteiger partial charge is 0.491 e. The molecule has 2 N–H and O–H groups in total. The Balaban J connectivity index is 1.52. The van der Waals surface area contributed by atoms with Crippen LogP contribution in [0.15, 0.2) is 41.2 Å². The molecule has 0 aliphatic carbocycles. The lowest BCUT2D eigenvalue weighted by atomic mass is 10.1. The second-order valence-corrected chi connectivity index (χ2v) is 6.28. The predicted molar refractivity (Wildman–Crippen MR) is 92.1 cm³/mol. The van der Waals surface area contributed by atoms with E-state index in [0.717, 1.165) is 12.1 Å². The van der Waals surface area contributed by atoms with Gasteiger partial charge in [0, 0.05) is 24.2 Å². The van der Waals surface area contributed by atoms with E-state index >= 15 is 0 Å². The van der Waals surface area contributed by atoms with E-state index in [-0.39, 0.29) is 12.2 Å². The maximum atomic E-state index is 11.0. The van der Waals surface area contributed by atoms with E-state index in [0.29, 0.717) is 24.0 Å². The van der Waals surface area contributed by atoms with E-state index in [1.807, 2.05) is 24.3 Å². The molecule has 2 aromatic rings. The van der Waals surface area contributed by atoms with Crippen LogP contribution in [-0.2, 0) is 0 Å². The molecule has 1 aliphatic rings. The number of likely N-dealkylation sites (tertiary alicyclic amines) is 1. The summed E-state index contributed by atoms with van der Waals surface area (Å²) in [6, 6.07) is 11.1. The first kappa shape index (κ1) is 16.7. The molecule has 1 fully saturated rings. The van der Waals surface area contributed by atoms with Gasteiger partial charge in [-0.2, -0.15) is 5.10 Å². The van der Waals surface area contributed by atoms with Crippen molar-refractivity contribution in [2.24, 2.45) is 0 Å². The van der Waals surface area contributed by atoms with Crippen LogP contribution in [0, 0.1) is 0 Å². The number of aliphatic hydroxyl groups is 1. The number of aromatic amines is 1. The molecule has 24 heavy (non-hydrogen) atoms. The van der Waals surface area contributed by atoms with Crippen LogP contribution in [0.25, 0.3) is 11.3 Å². The molecule has 2 heterocycles. The number of rotatable bonds is 6. The van der Waals surface area contributed by atoms with Gasteiger partial charge in [0.05, 0.1) is 5.69 Å². The highest BCUT2D eigenvalue weighted by molar-refractivity contribution is 5.59. The van der Waals surface area contributed by atoms with Gasteiger partial charge in [0.2, 0.25) is 0 Å². The third-order valence-corrected chi connectivity index (χ3v) is 4.41. The van der Waals surface area contributed by atoms with Crippen LogP contribution in [0.3, 0.4) is 0 Å². The minimum absolute atomic E-state index is 0.222. The fourth-order valence-corrected chi connectivity index (χ4v) is 3.01. The van der Waals surface area contributed by atoms with E-state index in [9.17, 15) is 9.90 Å². The van der Waals surface area contributed by atoms with Crippen LogP contribution < -0.4 is 10.3 Å². The smallest absolute Gasteiger partial charge is 0.264 e. The third kappa shape index (κ3) is 4.21. The standard InChI is InChI=1S/C18H23N3O3/c1-13-3-2-10-21(13)11-15(22)12-24-16-6-4-14(5-7-16)17-8-9-18(23)20-19-17/h4-9,13,15,22H,2-3,10-12H2,1H3,(H,20,23)/t13-,15+/m1/s1. The highest BCUT2D eigenvalue weighted by Gasteiger charge is 2.22. The summed E-state index contributed by atoms with van der Waals surface area (Å²) in [5.41, 5.74) is 1.37. The van der Waals surface area contributed by atoms with E-state index in [1.165, 1.54) is 18.9 Å². The van der Waals surface area contributed by atoms with Crippen LogP contribution in [0.5, 0.6) is 5.75 Å². The number of aromatic nitrogens is 2. The highest BCUT2D eigenvalue weighted by atomic mass is 16.5. The minimum atomic E-state index is -0.494. The lowest BCUT2D eigenvalue weighted by Crippen LogP contribution is -2.37. The van der Waals surface area contributed by atoms with Crippen molar-refractivity contribution in [1.82, 2.24) is 15.1 Å². The van der Waals surface area contributed by atoms with Crippen molar-refractivity contribution < 1.29 is 9.84 Å². The summed E-state index contributed by atoms with van der Waals surface area (Å²) in [7, 11) is 0. The molecule has 1 aliphatic heterocycles. The van der Waals surface area contributed by atoms with E-state index in [2.05, 4.69) is 22.0 Å². The Morgan fingerprint density at radius 1 is 1.33 bits per heavy atom. The van der Waals surface area contributed by atoms with Gasteiger partial charge in [0.15, 0.2) is 0 Å². The fraction of sp³-hybridized carbons (Fsp3) is 0.444.